The van der Waals surface area contributed by atoms with Gasteiger partial charge in [-0.1, -0.05) is 0 Å². The van der Waals surface area contributed by atoms with Crippen LogP contribution in [0.1, 0.15) is 55.4 Å². The van der Waals surface area contributed by atoms with Crippen molar-refractivity contribution in [1.29, 1.82) is 0 Å². The minimum Gasteiger partial charge on any atom is -0.444 e. The minimum atomic E-state index is -0.433. The number of hydrogen-bond donors (Lipinski definition) is 0. The van der Waals surface area contributed by atoms with Gasteiger partial charge < -0.3 is 9.64 Å². The van der Waals surface area contributed by atoms with E-state index in [0.717, 1.165) is 13.1 Å². The van der Waals surface area contributed by atoms with Crippen molar-refractivity contribution in [3.63, 3.8) is 0 Å². The molecule has 0 bridgehead atoms. The topological polar surface area (TPSA) is 32.8 Å². The molecular weight excluding hydrogens is 240 g/mol. The van der Waals surface area contributed by atoms with Crippen LogP contribution in [0.25, 0.3) is 0 Å². The summed E-state index contributed by atoms with van der Waals surface area (Å²) in [5.74, 6) is 0. The van der Waals surface area contributed by atoms with Gasteiger partial charge in [0.2, 0.25) is 0 Å². The van der Waals surface area contributed by atoms with Gasteiger partial charge in [0.25, 0.3) is 0 Å². The minimum absolute atomic E-state index is 0.141. The Morgan fingerprint density at radius 3 is 1.74 bits per heavy atom. The molecule has 1 heterocycles. The molecule has 0 N–H and O–H groups in total. The van der Waals surface area contributed by atoms with Gasteiger partial charge in [-0.25, -0.2) is 4.79 Å². The average molecular weight is 270 g/mol. The fourth-order valence-corrected chi connectivity index (χ4v) is 2.55. The highest BCUT2D eigenvalue weighted by Gasteiger charge is 2.38. The van der Waals surface area contributed by atoms with Gasteiger partial charge in [-0.2, -0.15) is 0 Å². The first-order valence-corrected chi connectivity index (χ1v) is 7.18. The van der Waals surface area contributed by atoms with Crippen LogP contribution >= 0.6 is 0 Å². The molecule has 1 saturated heterocycles. The van der Waals surface area contributed by atoms with Gasteiger partial charge >= 0.3 is 6.09 Å². The van der Waals surface area contributed by atoms with Crippen LogP contribution in [0.2, 0.25) is 0 Å². The molecule has 4 heteroatoms. The molecular formula is C15H30N2O2. The van der Waals surface area contributed by atoms with Crippen LogP contribution in [-0.2, 0) is 4.74 Å². The van der Waals surface area contributed by atoms with E-state index in [4.69, 9.17) is 4.74 Å². The molecule has 2 atom stereocenters. The second-order valence-corrected chi connectivity index (χ2v) is 7.66. The number of nitrogens with zero attached hydrogens (tertiary/aromatic N) is 2. The molecule has 0 radical (unpaired) electrons. The summed E-state index contributed by atoms with van der Waals surface area (Å²) in [6, 6.07) is 0.357. The largest absolute Gasteiger partial charge is 0.444 e. The van der Waals surface area contributed by atoms with Crippen LogP contribution in [0.5, 0.6) is 0 Å². The van der Waals surface area contributed by atoms with Crippen molar-refractivity contribution in [1.82, 2.24) is 9.80 Å². The van der Waals surface area contributed by atoms with Crippen LogP contribution < -0.4 is 0 Å². The van der Waals surface area contributed by atoms with Crippen molar-refractivity contribution in [2.45, 2.75) is 78.6 Å². The van der Waals surface area contributed by atoms with Crippen molar-refractivity contribution >= 4 is 6.09 Å². The van der Waals surface area contributed by atoms with E-state index >= 15 is 0 Å². The van der Waals surface area contributed by atoms with Gasteiger partial charge in [-0.3, -0.25) is 4.90 Å². The van der Waals surface area contributed by atoms with Crippen LogP contribution in [0.4, 0.5) is 4.79 Å². The molecule has 0 aromatic rings. The summed E-state index contributed by atoms with van der Waals surface area (Å²) in [5.41, 5.74) is -0.291. The molecule has 1 amide bonds. The summed E-state index contributed by atoms with van der Waals surface area (Å²) in [6.07, 6.45) is -0.193. The van der Waals surface area contributed by atoms with Gasteiger partial charge in [0, 0.05) is 30.7 Å². The van der Waals surface area contributed by atoms with Crippen LogP contribution in [-0.4, -0.2) is 52.2 Å². The van der Waals surface area contributed by atoms with E-state index in [0.29, 0.717) is 0 Å². The number of carbonyl (C=O) groups excluding carboxylic acids is 1. The zero-order valence-electron chi connectivity index (χ0n) is 13.8. The lowest BCUT2D eigenvalue weighted by Crippen LogP contribution is -2.62. The van der Waals surface area contributed by atoms with Crippen molar-refractivity contribution in [3.8, 4) is 0 Å². The van der Waals surface area contributed by atoms with E-state index in [1.54, 1.807) is 0 Å². The third-order valence-corrected chi connectivity index (χ3v) is 3.47. The Morgan fingerprint density at radius 1 is 1.00 bits per heavy atom. The summed E-state index contributed by atoms with van der Waals surface area (Å²) in [5, 5.41) is 0. The average Bonchev–Trinajstić information content (AvgIpc) is 2.11. The maximum Gasteiger partial charge on any atom is 0.410 e. The Hall–Kier alpha value is -0.770. The molecule has 1 aliphatic heterocycles. The van der Waals surface area contributed by atoms with Gasteiger partial charge in [-0.15, -0.1) is 0 Å². The maximum absolute atomic E-state index is 12.3. The maximum atomic E-state index is 12.3. The first kappa shape index (κ1) is 16.3. The molecule has 0 aromatic carbocycles. The molecule has 4 nitrogen and oxygen atoms in total. The van der Waals surface area contributed by atoms with E-state index in [2.05, 4.69) is 39.5 Å². The van der Waals surface area contributed by atoms with Crippen LogP contribution in [0, 0.1) is 0 Å². The predicted molar refractivity (Wildman–Crippen MR) is 78.3 cm³/mol. The van der Waals surface area contributed by atoms with Gasteiger partial charge in [-0.05, 0) is 55.4 Å². The fourth-order valence-electron chi connectivity index (χ4n) is 2.55. The highest BCUT2D eigenvalue weighted by molar-refractivity contribution is 5.69. The number of hydrogen-bond acceptors (Lipinski definition) is 3. The van der Waals surface area contributed by atoms with Gasteiger partial charge in [0.1, 0.15) is 5.60 Å². The van der Waals surface area contributed by atoms with E-state index in [9.17, 15) is 4.79 Å². The quantitative estimate of drug-likeness (QED) is 0.678. The Kier molecular flexibility index (Phi) is 4.55. The van der Waals surface area contributed by atoms with E-state index in [1.807, 2.05) is 25.7 Å². The van der Waals surface area contributed by atoms with Crippen LogP contribution in [0.3, 0.4) is 0 Å². The molecule has 0 saturated carbocycles. The Balaban J connectivity index is 2.76. The molecule has 0 unspecified atom stereocenters. The molecule has 1 fully saturated rings. The summed E-state index contributed by atoms with van der Waals surface area (Å²) in [6.45, 7) is 18.4. The molecule has 19 heavy (non-hydrogen) atoms. The smallest absolute Gasteiger partial charge is 0.410 e. The molecule has 112 valence electrons. The molecule has 0 aliphatic carbocycles. The first-order chi connectivity index (χ1) is 8.42. The van der Waals surface area contributed by atoms with Crippen molar-refractivity contribution in [2.75, 3.05) is 13.1 Å². The zero-order valence-corrected chi connectivity index (χ0v) is 13.8. The van der Waals surface area contributed by atoms with Crippen molar-refractivity contribution in [3.05, 3.63) is 0 Å². The zero-order chi connectivity index (χ0) is 15.0. The van der Waals surface area contributed by atoms with Gasteiger partial charge in [0.15, 0.2) is 0 Å². The van der Waals surface area contributed by atoms with Crippen molar-refractivity contribution < 1.29 is 9.53 Å². The van der Waals surface area contributed by atoms with Crippen molar-refractivity contribution in [2.24, 2.45) is 0 Å². The number of ether oxygens (including phenoxy) is 1. The number of carbonyl (C=O) groups is 1. The third-order valence-electron chi connectivity index (χ3n) is 3.47. The Morgan fingerprint density at radius 2 is 1.42 bits per heavy atom. The summed E-state index contributed by atoms with van der Waals surface area (Å²) in [4.78, 5) is 16.6. The monoisotopic (exact) mass is 270 g/mol. The van der Waals surface area contributed by atoms with E-state index in [1.165, 1.54) is 0 Å². The lowest BCUT2D eigenvalue weighted by atomic mass is 10.00. The number of rotatable bonds is 0. The Bertz CT molecular complexity index is 316. The van der Waals surface area contributed by atoms with E-state index < -0.39 is 5.60 Å². The van der Waals surface area contributed by atoms with E-state index in [-0.39, 0.29) is 23.7 Å². The van der Waals surface area contributed by atoms with Gasteiger partial charge in [0.05, 0.1) is 0 Å². The number of amides is 1. The third kappa shape index (κ3) is 4.37. The fraction of sp³-hybridized carbons (Fsp3) is 0.933. The summed E-state index contributed by atoms with van der Waals surface area (Å²) in [7, 11) is 0. The Labute approximate surface area is 118 Å². The standard InChI is InChI=1S/C15H30N2O2/c1-11-9-16(14(3,4)5)10-12(2)17(11)13(18)19-15(6,7)8/h11-12H,9-10H2,1-8H3/t11-,12+. The predicted octanol–water partition coefficient (Wildman–Crippen LogP) is 3.11. The molecule has 1 rings (SSSR count). The highest BCUT2D eigenvalue weighted by atomic mass is 16.6. The summed E-state index contributed by atoms with van der Waals surface area (Å²) >= 11 is 0. The summed E-state index contributed by atoms with van der Waals surface area (Å²) < 4.78 is 5.51. The molecule has 0 aromatic heterocycles. The lowest BCUT2D eigenvalue weighted by Gasteiger charge is -2.49. The normalized spacial score (nSPS) is 26.4. The second-order valence-electron chi connectivity index (χ2n) is 7.66. The second kappa shape index (κ2) is 5.31. The number of piperazine rings is 1. The molecule has 1 aliphatic rings. The SMILES string of the molecule is C[C@@H]1CN(C(C)(C)C)C[C@H](C)N1C(=O)OC(C)(C)C. The molecule has 0 spiro atoms. The highest BCUT2D eigenvalue weighted by Crippen LogP contribution is 2.24. The first-order valence-electron chi connectivity index (χ1n) is 7.18. The van der Waals surface area contributed by atoms with Crippen LogP contribution in [0.15, 0.2) is 0 Å². The lowest BCUT2D eigenvalue weighted by molar-refractivity contribution is -0.0319.